The Hall–Kier alpha value is -3.35. The number of imide groups is 1. The van der Waals surface area contributed by atoms with E-state index in [1.165, 1.54) is 9.80 Å². The Morgan fingerprint density at radius 2 is 1.69 bits per heavy atom. The number of nitrogens with zero attached hydrogens (tertiary/aromatic N) is 3. The van der Waals surface area contributed by atoms with Crippen molar-refractivity contribution in [2.24, 2.45) is 0 Å². The van der Waals surface area contributed by atoms with Crippen LogP contribution < -0.4 is 15.1 Å². The van der Waals surface area contributed by atoms with Gasteiger partial charge < -0.3 is 10.2 Å². The van der Waals surface area contributed by atoms with Gasteiger partial charge in [0.15, 0.2) is 0 Å². The predicted octanol–water partition coefficient (Wildman–Crippen LogP) is 2.36. The van der Waals surface area contributed by atoms with E-state index in [1.54, 1.807) is 36.2 Å². The summed E-state index contributed by atoms with van der Waals surface area (Å²) in [6.45, 7) is 1.13. The fourth-order valence-electron chi connectivity index (χ4n) is 3.41. The summed E-state index contributed by atoms with van der Waals surface area (Å²) < 4.78 is 0. The lowest BCUT2D eigenvalue weighted by atomic mass is 10.1. The van der Waals surface area contributed by atoms with Crippen molar-refractivity contribution >= 4 is 29.3 Å². The molecular formula is C19H18N4O3. The van der Waals surface area contributed by atoms with Crippen LogP contribution in [0, 0.1) is 0 Å². The molecule has 0 radical (unpaired) electrons. The largest absolute Gasteiger partial charge is 0.336 e. The molecule has 26 heavy (non-hydrogen) atoms. The maximum Gasteiger partial charge on any atom is 0.332 e. The van der Waals surface area contributed by atoms with Crippen molar-refractivity contribution in [3.8, 4) is 0 Å². The Labute approximate surface area is 150 Å². The molecule has 7 nitrogen and oxygen atoms in total. The Morgan fingerprint density at radius 3 is 2.38 bits per heavy atom. The summed E-state index contributed by atoms with van der Waals surface area (Å²) in [7, 11) is 1.62. The molecule has 2 aliphatic heterocycles. The lowest BCUT2D eigenvalue weighted by molar-refractivity contribution is -0.119. The van der Waals surface area contributed by atoms with Crippen molar-refractivity contribution < 1.29 is 14.4 Å². The third-order valence-electron chi connectivity index (χ3n) is 4.71. The highest BCUT2D eigenvalue weighted by molar-refractivity contribution is 6.21. The van der Waals surface area contributed by atoms with Crippen LogP contribution in [0.3, 0.4) is 0 Å². The molecule has 2 saturated heterocycles. The minimum absolute atomic E-state index is 0.180. The number of carbonyl (C=O) groups is 3. The van der Waals surface area contributed by atoms with E-state index in [4.69, 9.17) is 0 Å². The molecule has 0 spiro atoms. The van der Waals surface area contributed by atoms with E-state index in [-0.39, 0.29) is 18.0 Å². The lowest BCUT2D eigenvalue weighted by Gasteiger charge is -2.18. The molecule has 132 valence electrons. The average Bonchev–Trinajstić information content (AvgIpc) is 3.17. The topological polar surface area (TPSA) is 73.0 Å². The monoisotopic (exact) mass is 350 g/mol. The standard InChI is InChI=1S/C19H18N4O3/c1-21-16(13-6-3-2-4-7-13)17(24)23(19(21)26)15-9-5-8-14(12-15)22-11-10-20-18(22)25/h2-9,12,16H,10-11H2,1H3,(H,20,25). The SMILES string of the molecule is CN1C(=O)N(c2cccc(N3CCNC3=O)c2)C(=O)C1c1ccccc1. The zero-order chi connectivity index (χ0) is 18.3. The molecular weight excluding hydrogens is 332 g/mol. The van der Waals surface area contributed by atoms with Gasteiger partial charge in [0.05, 0.1) is 5.69 Å². The van der Waals surface area contributed by atoms with Gasteiger partial charge in [-0.3, -0.25) is 9.69 Å². The van der Waals surface area contributed by atoms with Crippen molar-refractivity contribution in [1.82, 2.24) is 10.2 Å². The van der Waals surface area contributed by atoms with Gasteiger partial charge in [0, 0.05) is 25.8 Å². The quantitative estimate of drug-likeness (QED) is 0.864. The molecule has 2 heterocycles. The van der Waals surface area contributed by atoms with Gasteiger partial charge in [0.25, 0.3) is 5.91 Å². The number of amides is 5. The number of urea groups is 2. The van der Waals surface area contributed by atoms with Crippen molar-refractivity contribution in [1.29, 1.82) is 0 Å². The van der Waals surface area contributed by atoms with Crippen molar-refractivity contribution in [3.05, 3.63) is 60.2 Å². The van der Waals surface area contributed by atoms with Crippen LogP contribution in [0.2, 0.25) is 0 Å². The Bertz CT molecular complexity index is 883. The smallest absolute Gasteiger partial charge is 0.332 e. The Kier molecular flexibility index (Phi) is 3.84. The fourth-order valence-corrected chi connectivity index (χ4v) is 3.41. The third kappa shape index (κ3) is 2.48. The second-order valence-electron chi connectivity index (χ2n) is 6.28. The molecule has 0 aromatic heterocycles. The summed E-state index contributed by atoms with van der Waals surface area (Å²) >= 11 is 0. The minimum Gasteiger partial charge on any atom is -0.336 e. The predicted molar refractivity (Wildman–Crippen MR) is 97.0 cm³/mol. The number of benzene rings is 2. The molecule has 5 amide bonds. The number of likely N-dealkylation sites (N-methyl/N-ethyl adjacent to an activating group) is 1. The van der Waals surface area contributed by atoms with Crippen LogP contribution in [0.15, 0.2) is 54.6 Å². The number of hydrogen-bond donors (Lipinski definition) is 1. The first-order valence-corrected chi connectivity index (χ1v) is 8.39. The van der Waals surface area contributed by atoms with Crippen LogP contribution in [0.1, 0.15) is 11.6 Å². The summed E-state index contributed by atoms with van der Waals surface area (Å²) in [5.74, 6) is -0.299. The third-order valence-corrected chi connectivity index (χ3v) is 4.71. The van der Waals surface area contributed by atoms with Gasteiger partial charge in [-0.05, 0) is 23.8 Å². The maximum atomic E-state index is 13.0. The van der Waals surface area contributed by atoms with Gasteiger partial charge in [-0.2, -0.15) is 0 Å². The van der Waals surface area contributed by atoms with Crippen LogP contribution in [0.25, 0.3) is 0 Å². The molecule has 2 aromatic rings. The lowest BCUT2D eigenvalue weighted by Crippen LogP contribution is -2.32. The van der Waals surface area contributed by atoms with Crippen LogP contribution in [0.5, 0.6) is 0 Å². The van der Waals surface area contributed by atoms with Crippen LogP contribution >= 0.6 is 0 Å². The highest BCUT2D eigenvalue weighted by Gasteiger charge is 2.44. The molecule has 7 heteroatoms. The molecule has 0 bridgehead atoms. The maximum absolute atomic E-state index is 13.0. The first kappa shape index (κ1) is 16.1. The van der Waals surface area contributed by atoms with Crippen LogP contribution in [0.4, 0.5) is 21.0 Å². The highest BCUT2D eigenvalue weighted by atomic mass is 16.2. The summed E-state index contributed by atoms with van der Waals surface area (Å²) in [5, 5.41) is 2.74. The van der Waals surface area contributed by atoms with E-state index in [0.29, 0.717) is 24.5 Å². The van der Waals surface area contributed by atoms with E-state index < -0.39 is 6.04 Å². The van der Waals surface area contributed by atoms with Crippen LogP contribution in [-0.4, -0.2) is 43.0 Å². The van der Waals surface area contributed by atoms with E-state index in [0.717, 1.165) is 5.56 Å². The molecule has 4 rings (SSSR count). The molecule has 1 N–H and O–H groups in total. The molecule has 0 aliphatic carbocycles. The van der Waals surface area contributed by atoms with Gasteiger partial charge >= 0.3 is 12.1 Å². The van der Waals surface area contributed by atoms with Crippen molar-refractivity contribution in [2.75, 3.05) is 29.9 Å². The number of hydrogen-bond acceptors (Lipinski definition) is 3. The van der Waals surface area contributed by atoms with Crippen LogP contribution in [-0.2, 0) is 4.79 Å². The summed E-state index contributed by atoms with van der Waals surface area (Å²) in [6.07, 6.45) is 0. The average molecular weight is 350 g/mol. The minimum atomic E-state index is -0.651. The van der Waals surface area contributed by atoms with E-state index in [1.807, 2.05) is 30.3 Å². The van der Waals surface area contributed by atoms with E-state index in [9.17, 15) is 14.4 Å². The summed E-state index contributed by atoms with van der Waals surface area (Å²) in [4.78, 5) is 41.8. The summed E-state index contributed by atoms with van der Waals surface area (Å²) in [5.41, 5.74) is 1.89. The Balaban J connectivity index is 1.69. The molecule has 1 unspecified atom stereocenters. The number of anilines is 2. The first-order chi connectivity index (χ1) is 12.6. The molecule has 2 aromatic carbocycles. The van der Waals surface area contributed by atoms with E-state index >= 15 is 0 Å². The molecule has 2 fully saturated rings. The number of carbonyl (C=O) groups excluding carboxylic acids is 3. The summed E-state index contributed by atoms with van der Waals surface area (Å²) in [6, 6.07) is 14.9. The molecule has 0 saturated carbocycles. The van der Waals surface area contributed by atoms with Gasteiger partial charge in [-0.25, -0.2) is 14.5 Å². The second kappa shape index (κ2) is 6.18. The molecule has 2 aliphatic rings. The zero-order valence-corrected chi connectivity index (χ0v) is 14.3. The van der Waals surface area contributed by atoms with Gasteiger partial charge in [-0.15, -0.1) is 0 Å². The highest BCUT2D eigenvalue weighted by Crippen LogP contribution is 2.34. The number of rotatable bonds is 3. The van der Waals surface area contributed by atoms with Gasteiger partial charge in [0.1, 0.15) is 6.04 Å². The van der Waals surface area contributed by atoms with E-state index in [2.05, 4.69) is 5.32 Å². The normalized spacial score (nSPS) is 20.1. The van der Waals surface area contributed by atoms with Crippen molar-refractivity contribution in [2.45, 2.75) is 6.04 Å². The van der Waals surface area contributed by atoms with Gasteiger partial charge in [-0.1, -0.05) is 36.4 Å². The number of nitrogens with one attached hydrogen (secondary N) is 1. The zero-order valence-electron chi connectivity index (χ0n) is 14.3. The fraction of sp³-hybridized carbons (Fsp3) is 0.211. The first-order valence-electron chi connectivity index (χ1n) is 8.39. The molecule has 1 atom stereocenters. The van der Waals surface area contributed by atoms with Crippen molar-refractivity contribution in [3.63, 3.8) is 0 Å². The second-order valence-corrected chi connectivity index (χ2v) is 6.28. The van der Waals surface area contributed by atoms with Gasteiger partial charge in [0.2, 0.25) is 0 Å². The Morgan fingerprint density at radius 1 is 0.962 bits per heavy atom.